The van der Waals surface area contributed by atoms with Crippen molar-refractivity contribution in [3.05, 3.63) is 35.3 Å². The molecule has 1 aromatic rings. The van der Waals surface area contributed by atoms with Crippen molar-refractivity contribution in [2.75, 3.05) is 19.7 Å². The molecular weight excluding hydrogens is 312 g/mol. The Labute approximate surface area is 120 Å². The van der Waals surface area contributed by atoms with Crippen molar-refractivity contribution < 1.29 is 14.3 Å². The number of halogens is 1. The van der Waals surface area contributed by atoms with Crippen LogP contribution in [0.2, 0.25) is 0 Å². The van der Waals surface area contributed by atoms with Crippen LogP contribution in [0.3, 0.4) is 0 Å². The Balaban J connectivity index is 1.76. The molecule has 102 valence electrons. The van der Waals surface area contributed by atoms with Crippen LogP contribution in [0.4, 0.5) is 4.79 Å². The van der Waals surface area contributed by atoms with E-state index in [1.807, 2.05) is 24.3 Å². The van der Waals surface area contributed by atoms with E-state index in [2.05, 4.69) is 33.1 Å². The average Bonchev–Trinajstić information content (AvgIpc) is 2.42. The maximum absolute atomic E-state index is 11.5. The topological polar surface area (TPSA) is 59.6 Å². The van der Waals surface area contributed by atoms with Crippen molar-refractivity contribution in [3.63, 3.8) is 0 Å². The van der Waals surface area contributed by atoms with Crippen LogP contribution in [-0.2, 0) is 0 Å². The average molecular weight is 327 g/mol. The van der Waals surface area contributed by atoms with Crippen molar-refractivity contribution in [1.29, 1.82) is 0 Å². The van der Waals surface area contributed by atoms with Gasteiger partial charge in [-0.05, 0) is 12.1 Å². The highest BCUT2D eigenvalue weighted by molar-refractivity contribution is 9.11. The molecule has 0 saturated heterocycles. The fourth-order valence-corrected chi connectivity index (χ4v) is 1.75. The number of urea groups is 1. The van der Waals surface area contributed by atoms with Gasteiger partial charge in [0.2, 0.25) is 0 Å². The molecule has 0 saturated carbocycles. The number of fused-ring (bicyclic) bond motifs is 1. The molecule has 5 nitrogen and oxygen atoms in total. The molecule has 0 aliphatic carbocycles. The smallest absolute Gasteiger partial charge is 0.315 e. The highest BCUT2D eigenvalue weighted by Crippen LogP contribution is 2.30. The quantitative estimate of drug-likeness (QED) is 0.890. The Morgan fingerprint density at radius 2 is 2.11 bits per heavy atom. The largest absolute Gasteiger partial charge is 0.486 e. The van der Waals surface area contributed by atoms with E-state index in [-0.39, 0.29) is 12.1 Å². The summed E-state index contributed by atoms with van der Waals surface area (Å²) < 4.78 is 12.0. The summed E-state index contributed by atoms with van der Waals surface area (Å²) in [6, 6.07) is 7.21. The Hall–Kier alpha value is -1.69. The van der Waals surface area contributed by atoms with Crippen molar-refractivity contribution in [1.82, 2.24) is 10.6 Å². The Morgan fingerprint density at radius 1 is 1.37 bits per heavy atom. The molecule has 1 aliphatic rings. The van der Waals surface area contributed by atoms with Crippen LogP contribution in [0.15, 0.2) is 35.3 Å². The number of nitrogens with one attached hydrogen (secondary N) is 2. The summed E-state index contributed by atoms with van der Waals surface area (Å²) in [6.07, 6.45) is -0.187. The number of benzene rings is 1. The first-order chi connectivity index (χ1) is 9.15. The predicted molar refractivity (Wildman–Crippen MR) is 75.8 cm³/mol. The molecule has 1 aliphatic heterocycles. The van der Waals surface area contributed by atoms with Crippen LogP contribution in [-0.4, -0.2) is 31.8 Å². The number of hydrogen-bond donors (Lipinski definition) is 2. The lowest BCUT2D eigenvalue weighted by Crippen LogP contribution is -2.44. The first-order valence-electron chi connectivity index (χ1n) is 5.88. The van der Waals surface area contributed by atoms with Gasteiger partial charge in [-0.25, -0.2) is 4.79 Å². The second-order valence-corrected chi connectivity index (χ2v) is 5.20. The minimum Gasteiger partial charge on any atom is -0.486 e. The molecule has 0 bridgehead atoms. The molecule has 1 heterocycles. The zero-order chi connectivity index (χ0) is 13.7. The lowest BCUT2D eigenvalue weighted by molar-refractivity contribution is 0.0918. The van der Waals surface area contributed by atoms with Crippen molar-refractivity contribution in [2.45, 2.75) is 6.10 Å². The molecule has 1 aromatic carbocycles. The number of amides is 2. The molecule has 0 fully saturated rings. The summed E-state index contributed by atoms with van der Waals surface area (Å²) in [6.45, 7) is 4.82. The highest BCUT2D eigenvalue weighted by Gasteiger charge is 2.20. The number of rotatable bonds is 4. The molecular formula is C13H15BrN2O3. The molecule has 6 heteroatoms. The van der Waals surface area contributed by atoms with Gasteiger partial charge in [-0.1, -0.05) is 34.6 Å². The molecule has 0 spiro atoms. The van der Waals surface area contributed by atoms with Gasteiger partial charge in [0.05, 0.1) is 13.1 Å². The van der Waals surface area contributed by atoms with Crippen LogP contribution in [0.1, 0.15) is 0 Å². The van der Waals surface area contributed by atoms with E-state index < -0.39 is 0 Å². The van der Waals surface area contributed by atoms with E-state index in [0.29, 0.717) is 29.9 Å². The fraction of sp³-hybridized carbons (Fsp3) is 0.308. The Bertz CT molecular complexity index is 479. The van der Waals surface area contributed by atoms with E-state index in [1.54, 1.807) is 0 Å². The highest BCUT2D eigenvalue weighted by atomic mass is 79.9. The van der Waals surface area contributed by atoms with Crippen LogP contribution < -0.4 is 20.1 Å². The fourth-order valence-electron chi connectivity index (χ4n) is 1.61. The summed E-state index contributed by atoms with van der Waals surface area (Å²) in [5.74, 6) is 1.44. The first kappa shape index (κ1) is 13.7. The van der Waals surface area contributed by atoms with Gasteiger partial charge in [-0.15, -0.1) is 0 Å². The van der Waals surface area contributed by atoms with Gasteiger partial charge in [-0.2, -0.15) is 0 Å². The molecule has 19 heavy (non-hydrogen) atoms. The summed E-state index contributed by atoms with van der Waals surface area (Å²) in [5, 5.41) is 5.37. The first-order valence-corrected chi connectivity index (χ1v) is 6.68. The third-order valence-corrected chi connectivity index (χ3v) is 2.78. The Morgan fingerprint density at radius 3 is 2.84 bits per heavy atom. The van der Waals surface area contributed by atoms with Gasteiger partial charge in [-0.3, -0.25) is 0 Å². The summed E-state index contributed by atoms with van der Waals surface area (Å²) in [7, 11) is 0. The van der Waals surface area contributed by atoms with Gasteiger partial charge in [0.25, 0.3) is 0 Å². The predicted octanol–water partition coefficient (Wildman–Crippen LogP) is 2.03. The van der Waals surface area contributed by atoms with E-state index in [9.17, 15) is 4.79 Å². The molecule has 2 rings (SSSR count). The third kappa shape index (κ3) is 4.17. The second-order valence-electron chi connectivity index (χ2n) is 4.08. The zero-order valence-corrected chi connectivity index (χ0v) is 11.9. The van der Waals surface area contributed by atoms with E-state index >= 15 is 0 Å². The van der Waals surface area contributed by atoms with Gasteiger partial charge in [0.1, 0.15) is 6.61 Å². The van der Waals surface area contributed by atoms with E-state index in [1.165, 1.54) is 0 Å². The van der Waals surface area contributed by atoms with Crippen molar-refractivity contribution >= 4 is 22.0 Å². The summed E-state index contributed by atoms with van der Waals surface area (Å²) >= 11 is 3.17. The molecule has 0 aromatic heterocycles. The number of hydrogen-bond acceptors (Lipinski definition) is 3. The summed E-state index contributed by atoms with van der Waals surface area (Å²) in [5.41, 5.74) is 0. The maximum Gasteiger partial charge on any atom is 0.315 e. The molecule has 2 N–H and O–H groups in total. The van der Waals surface area contributed by atoms with E-state index in [0.717, 1.165) is 5.75 Å². The van der Waals surface area contributed by atoms with Crippen LogP contribution in [0.5, 0.6) is 11.5 Å². The minimum absolute atomic E-state index is 0.187. The van der Waals surface area contributed by atoms with E-state index in [4.69, 9.17) is 9.47 Å². The number of carbonyl (C=O) groups excluding carboxylic acids is 1. The zero-order valence-electron chi connectivity index (χ0n) is 10.3. The molecule has 0 radical (unpaired) electrons. The van der Waals surface area contributed by atoms with Crippen molar-refractivity contribution in [3.8, 4) is 11.5 Å². The third-order valence-electron chi connectivity index (χ3n) is 2.50. The van der Waals surface area contributed by atoms with Crippen LogP contribution in [0, 0.1) is 0 Å². The lowest BCUT2D eigenvalue weighted by atomic mass is 10.2. The number of ether oxygens (including phenoxy) is 2. The minimum atomic E-state index is -0.261. The Kier molecular flexibility index (Phi) is 4.68. The van der Waals surface area contributed by atoms with Gasteiger partial charge >= 0.3 is 6.03 Å². The molecule has 0 unspecified atom stereocenters. The maximum atomic E-state index is 11.5. The number of carbonyl (C=O) groups is 1. The summed E-state index contributed by atoms with van der Waals surface area (Å²) in [4.78, 5) is 11.5. The van der Waals surface area contributed by atoms with Crippen LogP contribution >= 0.6 is 15.9 Å². The normalized spacial score (nSPS) is 16.6. The molecule has 2 amide bonds. The standard InChI is InChI=1S/C13H15BrN2O3/c1-9(14)6-15-13(17)16-7-10-8-18-11-4-2-3-5-12(11)19-10/h2-5,10H,1,6-8H2,(H2,15,16,17)/t10-/m1/s1. The SMILES string of the molecule is C=C(Br)CNC(=O)NC[C@@H]1COc2ccccc2O1. The van der Waals surface area contributed by atoms with Gasteiger partial charge in [0.15, 0.2) is 17.6 Å². The second kappa shape index (κ2) is 6.47. The number of para-hydroxylation sites is 2. The van der Waals surface area contributed by atoms with Gasteiger partial charge in [0, 0.05) is 4.48 Å². The molecule has 1 atom stereocenters. The van der Waals surface area contributed by atoms with Crippen molar-refractivity contribution in [2.24, 2.45) is 0 Å². The van der Waals surface area contributed by atoms with Crippen LogP contribution in [0.25, 0.3) is 0 Å². The monoisotopic (exact) mass is 326 g/mol. The lowest BCUT2D eigenvalue weighted by Gasteiger charge is -2.26. The van der Waals surface area contributed by atoms with Gasteiger partial charge < -0.3 is 20.1 Å².